The number of nitrogens with one attached hydrogen (secondary N) is 2. The van der Waals surface area contributed by atoms with Crippen LogP contribution in [0.25, 0.3) is 0 Å². The summed E-state index contributed by atoms with van der Waals surface area (Å²) in [6, 6.07) is 11.8. The number of fused-ring (bicyclic) bond motifs is 1. The van der Waals surface area contributed by atoms with Crippen LogP contribution >= 0.6 is 11.3 Å². The van der Waals surface area contributed by atoms with Gasteiger partial charge in [-0.05, 0) is 48.1 Å². The topological polar surface area (TPSA) is 118 Å². The van der Waals surface area contributed by atoms with Gasteiger partial charge in [0.1, 0.15) is 22.9 Å². The fraction of sp³-hybridized carbons (Fsp3) is 0.385. The second kappa shape index (κ2) is 11.3. The van der Waals surface area contributed by atoms with E-state index in [4.69, 9.17) is 9.47 Å². The summed E-state index contributed by atoms with van der Waals surface area (Å²) in [4.78, 5) is 26.1. The van der Waals surface area contributed by atoms with Gasteiger partial charge in [0.2, 0.25) is 5.91 Å². The average Bonchev–Trinajstić information content (AvgIpc) is 3.44. The molecule has 0 spiro atoms. The van der Waals surface area contributed by atoms with E-state index in [0.717, 1.165) is 27.4 Å². The van der Waals surface area contributed by atoms with Crippen molar-refractivity contribution in [3.8, 4) is 11.8 Å². The van der Waals surface area contributed by atoms with Crippen LogP contribution in [0, 0.1) is 11.3 Å². The number of aryl methyl sites for hydroxylation is 1. The Labute approximate surface area is 214 Å². The van der Waals surface area contributed by atoms with Crippen molar-refractivity contribution in [1.82, 2.24) is 15.1 Å². The van der Waals surface area contributed by atoms with Crippen molar-refractivity contribution in [1.29, 1.82) is 5.26 Å². The summed E-state index contributed by atoms with van der Waals surface area (Å²) < 4.78 is 12.6. The number of nitrogens with zero attached hydrogens (tertiary/aromatic N) is 3. The molecule has 2 unspecified atom stereocenters. The zero-order valence-electron chi connectivity index (χ0n) is 20.5. The van der Waals surface area contributed by atoms with Crippen LogP contribution in [0.3, 0.4) is 0 Å². The van der Waals surface area contributed by atoms with Crippen LogP contribution in [-0.2, 0) is 36.0 Å². The summed E-state index contributed by atoms with van der Waals surface area (Å²) in [7, 11) is 3.42. The normalized spacial score (nSPS) is 15.3. The molecule has 2 atom stereocenters. The number of amides is 2. The van der Waals surface area contributed by atoms with Crippen LogP contribution in [0.4, 0.5) is 9.80 Å². The van der Waals surface area contributed by atoms with E-state index < -0.39 is 6.09 Å². The Morgan fingerprint density at radius 2 is 2.19 bits per heavy atom. The van der Waals surface area contributed by atoms with Crippen LogP contribution in [0.15, 0.2) is 36.5 Å². The Morgan fingerprint density at radius 3 is 2.92 bits per heavy atom. The van der Waals surface area contributed by atoms with Crippen molar-refractivity contribution in [2.75, 3.05) is 12.4 Å². The number of carbonyl (C=O) groups is 2. The fourth-order valence-corrected chi connectivity index (χ4v) is 5.59. The number of methoxy groups -OCH3 is 1. The van der Waals surface area contributed by atoms with E-state index in [-0.39, 0.29) is 24.3 Å². The van der Waals surface area contributed by atoms with Gasteiger partial charge in [0, 0.05) is 31.0 Å². The maximum Gasteiger partial charge on any atom is 0.407 e. The van der Waals surface area contributed by atoms with Crippen molar-refractivity contribution < 1.29 is 19.1 Å². The number of anilines is 1. The summed E-state index contributed by atoms with van der Waals surface area (Å²) in [6.45, 7) is 2.32. The molecule has 0 saturated carbocycles. The highest BCUT2D eigenvalue weighted by Gasteiger charge is 2.28. The maximum absolute atomic E-state index is 12.8. The molecular weight excluding hydrogens is 478 g/mol. The lowest BCUT2D eigenvalue weighted by Crippen LogP contribution is -2.32. The number of thiophene rings is 1. The lowest BCUT2D eigenvalue weighted by Gasteiger charge is -2.22. The fourth-order valence-electron chi connectivity index (χ4n) is 4.31. The molecule has 10 heteroatoms. The minimum absolute atomic E-state index is 0.0112. The molecule has 2 heterocycles. The zero-order valence-corrected chi connectivity index (χ0v) is 21.4. The highest BCUT2D eigenvalue weighted by molar-refractivity contribution is 7.16. The summed E-state index contributed by atoms with van der Waals surface area (Å²) in [5, 5.41) is 20.1. The summed E-state index contributed by atoms with van der Waals surface area (Å²) in [6.07, 6.45) is 2.94. The standard InChI is InChI=1S/C26H29N5O4S/c1-16(17-5-4-6-19(12-17)34-3)11-24(32)30-25-22(14-27)21-8-7-20(13-23(21)36-25)35-26(33)28-15-18-9-10-29-31(18)2/h4-6,9-10,12,16,20H,7-8,11,13,15H2,1-3H3,(H,28,33)(H,30,32). The smallest absolute Gasteiger partial charge is 0.407 e. The number of rotatable bonds is 8. The quantitative estimate of drug-likeness (QED) is 0.470. The first-order valence-electron chi connectivity index (χ1n) is 11.8. The monoisotopic (exact) mass is 507 g/mol. The molecule has 2 aromatic heterocycles. The lowest BCUT2D eigenvalue weighted by molar-refractivity contribution is -0.116. The molecule has 4 rings (SSSR count). The number of aromatic nitrogens is 2. The number of benzene rings is 1. The Hall–Kier alpha value is -3.84. The van der Waals surface area contributed by atoms with Crippen molar-refractivity contribution in [3.05, 3.63) is 63.8 Å². The molecule has 0 saturated heterocycles. The van der Waals surface area contributed by atoms with Crippen LogP contribution < -0.4 is 15.4 Å². The highest BCUT2D eigenvalue weighted by atomic mass is 32.1. The van der Waals surface area contributed by atoms with Crippen molar-refractivity contribution >= 4 is 28.3 Å². The maximum atomic E-state index is 12.8. The first kappa shape index (κ1) is 25.3. The predicted molar refractivity (Wildman–Crippen MR) is 136 cm³/mol. The largest absolute Gasteiger partial charge is 0.497 e. The third-order valence-electron chi connectivity index (χ3n) is 6.35. The van der Waals surface area contributed by atoms with Crippen LogP contribution in [0.1, 0.15) is 52.9 Å². The molecule has 0 radical (unpaired) electrons. The van der Waals surface area contributed by atoms with E-state index in [1.54, 1.807) is 18.0 Å². The van der Waals surface area contributed by atoms with Gasteiger partial charge >= 0.3 is 6.09 Å². The predicted octanol–water partition coefficient (Wildman–Crippen LogP) is 4.28. The van der Waals surface area contributed by atoms with Crippen LogP contribution in [-0.4, -0.2) is 35.0 Å². The van der Waals surface area contributed by atoms with Crippen LogP contribution in [0.5, 0.6) is 5.75 Å². The summed E-state index contributed by atoms with van der Waals surface area (Å²) in [5.41, 5.74) is 3.33. The molecule has 3 aromatic rings. The zero-order chi connectivity index (χ0) is 25.7. The molecule has 36 heavy (non-hydrogen) atoms. The molecule has 1 aliphatic carbocycles. The molecule has 1 aliphatic rings. The van der Waals surface area contributed by atoms with Gasteiger partial charge < -0.3 is 20.1 Å². The average molecular weight is 508 g/mol. The number of nitriles is 1. The molecule has 1 aromatic carbocycles. The lowest BCUT2D eigenvalue weighted by atomic mass is 9.93. The van der Waals surface area contributed by atoms with E-state index >= 15 is 0 Å². The number of hydrogen-bond donors (Lipinski definition) is 2. The highest BCUT2D eigenvalue weighted by Crippen LogP contribution is 2.38. The van der Waals surface area contributed by atoms with E-state index in [0.29, 0.717) is 36.4 Å². The Bertz CT molecular complexity index is 1290. The molecule has 0 bridgehead atoms. The molecule has 188 valence electrons. The molecule has 0 aliphatic heterocycles. The number of carbonyl (C=O) groups excluding carboxylic acids is 2. The van der Waals surface area contributed by atoms with Gasteiger partial charge in [-0.1, -0.05) is 19.1 Å². The number of hydrogen-bond acceptors (Lipinski definition) is 7. The second-order valence-electron chi connectivity index (χ2n) is 8.82. The van der Waals surface area contributed by atoms with Crippen molar-refractivity contribution in [2.24, 2.45) is 7.05 Å². The van der Waals surface area contributed by atoms with Gasteiger partial charge in [-0.15, -0.1) is 11.3 Å². The Kier molecular flexibility index (Phi) is 7.90. The van der Waals surface area contributed by atoms with Gasteiger partial charge in [-0.3, -0.25) is 9.48 Å². The first-order chi connectivity index (χ1) is 17.4. The van der Waals surface area contributed by atoms with Gasteiger partial charge in [-0.2, -0.15) is 10.4 Å². The van der Waals surface area contributed by atoms with Crippen molar-refractivity contribution in [3.63, 3.8) is 0 Å². The van der Waals surface area contributed by atoms with Gasteiger partial charge in [0.05, 0.1) is 24.9 Å². The van der Waals surface area contributed by atoms with Gasteiger partial charge in [-0.25, -0.2) is 4.79 Å². The van der Waals surface area contributed by atoms with E-state index in [2.05, 4.69) is 21.8 Å². The summed E-state index contributed by atoms with van der Waals surface area (Å²) in [5.74, 6) is 0.588. The molecule has 0 fully saturated rings. The molecule has 2 amide bonds. The molecule has 9 nitrogen and oxygen atoms in total. The van der Waals surface area contributed by atoms with Crippen LogP contribution in [0.2, 0.25) is 0 Å². The Balaban J connectivity index is 1.35. The van der Waals surface area contributed by atoms with E-state index in [1.165, 1.54) is 11.3 Å². The minimum atomic E-state index is -0.484. The molecular formula is C26H29N5O4S. The number of alkyl carbamates (subject to hydrolysis) is 1. The first-order valence-corrected chi connectivity index (χ1v) is 12.6. The van der Waals surface area contributed by atoms with E-state index in [9.17, 15) is 14.9 Å². The molecule has 2 N–H and O–H groups in total. The van der Waals surface area contributed by atoms with Gasteiger partial charge in [0.25, 0.3) is 0 Å². The number of ether oxygens (including phenoxy) is 2. The summed E-state index contributed by atoms with van der Waals surface area (Å²) >= 11 is 1.39. The minimum Gasteiger partial charge on any atom is -0.497 e. The third kappa shape index (κ3) is 5.86. The Morgan fingerprint density at radius 1 is 1.36 bits per heavy atom. The SMILES string of the molecule is COc1cccc(C(C)CC(=O)Nc2sc3c(c2C#N)CCC(OC(=O)NCc2ccnn2C)C3)c1. The second-order valence-corrected chi connectivity index (χ2v) is 9.92. The van der Waals surface area contributed by atoms with E-state index in [1.807, 2.05) is 44.3 Å². The van der Waals surface area contributed by atoms with Crippen molar-refractivity contribution in [2.45, 2.75) is 51.2 Å². The third-order valence-corrected chi connectivity index (χ3v) is 7.52. The van der Waals surface area contributed by atoms with Gasteiger partial charge in [0.15, 0.2) is 0 Å².